The van der Waals surface area contributed by atoms with E-state index in [1.54, 1.807) is 12.1 Å². The molecule has 4 aromatic rings. The molecule has 0 spiro atoms. The number of carbonyl (C=O) groups is 1. The molecule has 0 aliphatic carbocycles. The van der Waals surface area contributed by atoms with E-state index in [0.29, 0.717) is 37.9 Å². The zero-order chi connectivity index (χ0) is 61.3. The molecule has 83 heavy (non-hydrogen) atoms. The number of likely N-dealkylation sites (N-methyl/N-ethyl adjacent to an activating group) is 1. The van der Waals surface area contributed by atoms with E-state index in [2.05, 4.69) is 38.4 Å². The van der Waals surface area contributed by atoms with Crippen LogP contribution in [-0.2, 0) is 72.2 Å². The predicted octanol–water partition coefficient (Wildman–Crippen LogP) is 6.90. The minimum atomic E-state index is -5.81. The molecule has 7 rings (SSSR count). The van der Waals surface area contributed by atoms with Crippen LogP contribution in [0.25, 0.3) is 11.2 Å². The number of nitrogens with two attached hydrogens (primary N) is 1. The lowest BCUT2D eigenvalue weighted by atomic mass is 9.81. The molecule has 2 unspecified atom stereocenters. The van der Waals surface area contributed by atoms with Crippen molar-refractivity contribution in [3.63, 3.8) is 0 Å². The Bertz CT molecular complexity index is 3710. The second-order valence-electron chi connectivity index (χ2n) is 21.0. The number of hydrogen-bond acceptors (Lipinski definition) is 20. The fourth-order valence-corrected chi connectivity index (χ4v) is 16.1. The molecule has 1 amide bonds. The van der Waals surface area contributed by atoms with E-state index in [9.17, 15) is 59.0 Å². The maximum Gasteiger partial charge on any atom is 0.490 e. The standard InChI is InChI=1S/C48H65N8O20P3S4/c1-8-54-34-20-18-30(82(66,67)68)23-32(34)47(4,5)38(54)15-11-9-12-16-39-48(6,7)33-24-31(83(69,70)71)19-21-35(33)55(39)22-14-10-13-17-40(57)50-27-46(2,3)81-80-29-72-36-25-41(56-28-51-42-43(56)52-45(49)53-44(42)58)74-37(36)26-73-78(62,63)76-79(64,65)75-77(59,60)61/h9,11-12,15-16,18-21,23-24,28,36-37,41H,8,10,13-14,17,22,25-27,29H2,1-7H3,(H9-,49,50,52,53,57,58,59,60,61,62,63,64,65,66,67,68,69,70,71)/p+1/t36-,37-,41-/m1/s1. The number of allylic oxidation sites excluding steroid dienone is 6. The molecular formula is C48H66N8O20P3S4+. The molecule has 5 atom stereocenters. The van der Waals surface area contributed by atoms with Crippen LogP contribution in [0.3, 0.4) is 0 Å². The molecule has 35 heteroatoms. The van der Waals surface area contributed by atoms with E-state index in [0.717, 1.165) is 28.3 Å². The van der Waals surface area contributed by atoms with Crippen molar-refractivity contribution in [2.24, 2.45) is 0 Å². The van der Waals surface area contributed by atoms with Crippen LogP contribution in [0, 0.1) is 0 Å². The van der Waals surface area contributed by atoms with Gasteiger partial charge in [-0.05, 0) is 89.4 Å². The maximum atomic E-state index is 13.1. The number of rotatable bonds is 27. The number of nitrogens with one attached hydrogen (secondary N) is 2. The summed E-state index contributed by atoms with van der Waals surface area (Å²) in [6.45, 7) is 14.3. The third kappa shape index (κ3) is 16.4. The Morgan fingerprint density at radius 1 is 0.952 bits per heavy atom. The molecule has 2 aromatic heterocycles. The van der Waals surface area contributed by atoms with Gasteiger partial charge in [-0.25, -0.2) is 18.7 Å². The van der Waals surface area contributed by atoms with Crippen LogP contribution in [0.2, 0.25) is 0 Å². The molecule has 28 nitrogen and oxygen atoms in total. The summed E-state index contributed by atoms with van der Waals surface area (Å²) in [4.78, 5) is 75.3. The lowest BCUT2D eigenvalue weighted by Gasteiger charge is -2.25. The number of unbranched alkanes of at least 4 members (excludes halogenated alkanes) is 2. The first kappa shape index (κ1) is 66.1. The molecule has 5 heterocycles. The van der Waals surface area contributed by atoms with Crippen LogP contribution in [0.5, 0.6) is 0 Å². The molecule has 3 aliphatic rings. The third-order valence-corrected chi connectivity index (χ3v) is 22.2. The average molecular weight is 1300 g/mol. The highest BCUT2D eigenvalue weighted by Gasteiger charge is 2.46. The highest BCUT2D eigenvalue weighted by molar-refractivity contribution is 8.77. The van der Waals surface area contributed by atoms with E-state index < -0.39 is 89.9 Å². The molecule has 10 N–H and O–H groups in total. The van der Waals surface area contributed by atoms with Gasteiger partial charge in [0.2, 0.25) is 17.5 Å². The fourth-order valence-electron chi connectivity index (χ4n) is 9.85. The van der Waals surface area contributed by atoms with Crippen molar-refractivity contribution in [3.8, 4) is 0 Å². The number of carbonyl (C=O) groups excluding carboxylic acids is 1. The van der Waals surface area contributed by atoms with Crippen LogP contribution in [0.4, 0.5) is 17.3 Å². The summed E-state index contributed by atoms with van der Waals surface area (Å²) in [6, 6.07) is 9.10. The first-order valence-electron chi connectivity index (χ1n) is 25.5. The Morgan fingerprint density at radius 2 is 1.63 bits per heavy atom. The van der Waals surface area contributed by atoms with Crippen molar-refractivity contribution in [2.75, 3.05) is 42.8 Å². The fraction of sp³-hybridized carbons (Fsp3) is 0.479. The van der Waals surface area contributed by atoms with Gasteiger partial charge in [-0.2, -0.15) is 35.0 Å². The summed E-state index contributed by atoms with van der Waals surface area (Å²) in [5.74, 6) is -0.394. The van der Waals surface area contributed by atoms with E-state index >= 15 is 0 Å². The molecule has 1 fully saturated rings. The molecule has 456 valence electrons. The molecular weight excluding hydrogens is 1230 g/mol. The normalized spacial score (nSPS) is 21.1. The molecule has 2 aromatic carbocycles. The number of aromatic nitrogens is 4. The number of fused-ring (bicyclic) bond motifs is 3. The van der Waals surface area contributed by atoms with Gasteiger partial charge in [-0.15, -0.1) is 0 Å². The number of ether oxygens (including phenoxy) is 2. The Hall–Kier alpha value is -4.40. The molecule has 0 saturated carbocycles. The summed E-state index contributed by atoms with van der Waals surface area (Å²) in [5, 5.41) is 2.98. The van der Waals surface area contributed by atoms with Gasteiger partial charge in [0, 0.05) is 71.6 Å². The van der Waals surface area contributed by atoms with Gasteiger partial charge in [-0.1, -0.05) is 53.7 Å². The predicted molar refractivity (Wildman–Crippen MR) is 309 cm³/mol. The van der Waals surface area contributed by atoms with Crippen LogP contribution in [0.15, 0.2) is 93.4 Å². The number of anilines is 2. The zero-order valence-corrected chi connectivity index (χ0v) is 51.9. The summed E-state index contributed by atoms with van der Waals surface area (Å²) in [7, 11) is -23.3. The van der Waals surface area contributed by atoms with Gasteiger partial charge in [-0.3, -0.25) is 32.8 Å². The van der Waals surface area contributed by atoms with Gasteiger partial charge in [0.05, 0.1) is 34.2 Å². The van der Waals surface area contributed by atoms with E-state index in [1.165, 1.54) is 56.7 Å². The minimum Gasteiger partial charge on any atom is -0.369 e. The van der Waals surface area contributed by atoms with Gasteiger partial charge >= 0.3 is 23.5 Å². The SMILES string of the molecule is CCN1/C(=C/C=C/C=C/C2=[N+](CCCCCC(=O)NCC(C)(C)SSCO[C@@H]3C[C@H](n4cnc5c(=O)[nH]c(N)nc54)O[C@@H]3COP(=O)(O)OP(=O)(O)OP(=O)(O)O)c3ccc(S(=O)(=O)O)cc3C2(C)C)C(C)(C)c2cc(S(=O)(=O)O)ccc21. The van der Waals surface area contributed by atoms with E-state index in [4.69, 9.17) is 29.5 Å². The van der Waals surface area contributed by atoms with Crippen molar-refractivity contribution < 1.29 is 91.2 Å². The average Bonchev–Trinajstić information content (AvgIpc) is 1.84. The number of nitrogen functional groups attached to an aromatic ring is 1. The van der Waals surface area contributed by atoms with Crippen LogP contribution < -0.4 is 21.5 Å². The lowest BCUT2D eigenvalue weighted by Crippen LogP contribution is -2.35. The first-order valence-corrected chi connectivity index (χ1v) is 35.2. The van der Waals surface area contributed by atoms with Gasteiger partial charge in [0.1, 0.15) is 24.8 Å². The summed E-state index contributed by atoms with van der Waals surface area (Å²) in [5.41, 5.74) is 8.69. The number of amides is 1. The molecule has 0 bridgehead atoms. The van der Waals surface area contributed by atoms with E-state index in [1.807, 2.05) is 78.8 Å². The number of benzene rings is 2. The van der Waals surface area contributed by atoms with Gasteiger partial charge in [0.25, 0.3) is 25.8 Å². The largest absolute Gasteiger partial charge is 0.490 e. The minimum absolute atomic E-state index is 0.00721. The Labute approximate surface area is 486 Å². The number of nitrogens with zero attached hydrogens (tertiary/aromatic N) is 5. The highest BCUT2D eigenvalue weighted by atomic mass is 33.1. The second kappa shape index (κ2) is 25.5. The Balaban J connectivity index is 0.928. The second-order valence-corrected chi connectivity index (χ2v) is 31.2. The first-order chi connectivity index (χ1) is 38.4. The third-order valence-electron chi connectivity index (χ3n) is 13.7. The molecule has 3 aliphatic heterocycles. The number of phosphoric ester groups is 1. The summed E-state index contributed by atoms with van der Waals surface area (Å²) < 4.78 is 131. The number of hydrogen-bond donors (Lipinski definition) is 9. The van der Waals surface area contributed by atoms with Crippen LogP contribution in [0.1, 0.15) is 97.9 Å². The maximum absolute atomic E-state index is 13.1. The van der Waals surface area contributed by atoms with Crippen molar-refractivity contribution in [3.05, 3.63) is 100 Å². The smallest absolute Gasteiger partial charge is 0.369 e. The number of aromatic amines is 1. The summed E-state index contributed by atoms with van der Waals surface area (Å²) in [6.07, 6.45) is 9.86. The van der Waals surface area contributed by atoms with Crippen LogP contribution >= 0.6 is 45.1 Å². The number of imidazole rings is 1. The van der Waals surface area contributed by atoms with Crippen LogP contribution in [-0.4, -0.2) is 130 Å². The van der Waals surface area contributed by atoms with Crippen molar-refractivity contribution in [1.82, 2.24) is 24.8 Å². The van der Waals surface area contributed by atoms with Gasteiger partial charge in [0.15, 0.2) is 16.9 Å². The van der Waals surface area contributed by atoms with Crippen molar-refractivity contribution >= 4 is 105 Å². The zero-order valence-electron chi connectivity index (χ0n) is 45.9. The van der Waals surface area contributed by atoms with Crippen molar-refractivity contribution in [2.45, 2.75) is 124 Å². The monoisotopic (exact) mass is 1300 g/mol. The summed E-state index contributed by atoms with van der Waals surface area (Å²) >= 11 is 0. The Morgan fingerprint density at radius 3 is 2.29 bits per heavy atom. The Kier molecular flexibility index (Phi) is 20.3. The number of phosphoric acid groups is 3. The molecule has 1 saturated heterocycles. The topological polar surface area (TPSA) is 412 Å². The number of H-pyrrole nitrogens is 1. The highest BCUT2D eigenvalue weighted by Crippen LogP contribution is 2.66. The lowest BCUT2D eigenvalue weighted by molar-refractivity contribution is -0.438. The molecule has 0 radical (unpaired) electrons. The van der Waals surface area contributed by atoms with Crippen molar-refractivity contribution in [1.29, 1.82) is 0 Å². The quantitative estimate of drug-likeness (QED) is 0.00557. The van der Waals surface area contributed by atoms with E-state index in [-0.39, 0.29) is 58.1 Å². The van der Waals surface area contributed by atoms with Gasteiger partial charge < -0.3 is 45.0 Å².